The fourth-order valence-electron chi connectivity index (χ4n) is 0.650. The molecule has 0 rings (SSSR count). The van der Waals surface area contributed by atoms with E-state index in [-0.39, 0.29) is 74.4 Å². The normalized spacial score (nSPS) is 7.72. The molecule has 0 atom stereocenters. The van der Waals surface area contributed by atoms with Gasteiger partial charge >= 0.3 is 115 Å². The van der Waals surface area contributed by atoms with E-state index in [0.717, 1.165) is 5.57 Å². The van der Waals surface area contributed by atoms with Gasteiger partial charge in [0, 0.05) is 31.1 Å². The predicted octanol–water partition coefficient (Wildman–Crippen LogP) is 3.52. The quantitative estimate of drug-likeness (QED) is 0.306. The van der Waals surface area contributed by atoms with Crippen LogP contribution in [0.4, 0.5) is 0 Å². The Balaban J connectivity index is -0.0000000849. The summed E-state index contributed by atoms with van der Waals surface area (Å²) in [5.41, 5.74) is 1.26. The molecule has 1 nitrogen and oxygen atoms in total. The molecule has 0 aliphatic rings. The van der Waals surface area contributed by atoms with Crippen molar-refractivity contribution in [1.82, 2.24) is 0 Å². The van der Waals surface area contributed by atoms with Crippen molar-refractivity contribution in [3.05, 3.63) is 36.5 Å². The van der Waals surface area contributed by atoms with Crippen LogP contribution < -0.4 is 0 Å². The molecule has 0 bridgehead atoms. The number of carbonyl (C=O) groups excluding carboxylic acids is 1. The zero-order chi connectivity index (χ0) is 13.6. The zero-order valence-electron chi connectivity index (χ0n) is 11.8. The van der Waals surface area contributed by atoms with E-state index in [1.165, 1.54) is 32.4 Å². The minimum absolute atomic E-state index is 0. The first-order chi connectivity index (χ1) is 7.60. The minimum Gasteiger partial charge on any atom is 0 e. The van der Waals surface area contributed by atoms with E-state index in [9.17, 15) is 4.79 Å². The van der Waals surface area contributed by atoms with E-state index in [1.807, 2.05) is 27.7 Å². The molecule has 0 unspecified atom stereocenters. The third kappa shape index (κ3) is 26.2. The monoisotopic (exact) mass is 865 g/mol. The average molecular weight is 865 g/mol. The van der Waals surface area contributed by atoms with Crippen molar-refractivity contribution >= 4 is 10.2 Å². The van der Waals surface area contributed by atoms with Gasteiger partial charge in [-0.2, -0.15) is 0 Å². The van der Waals surface area contributed by atoms with E-state index < -0.39 is 0 Å². The summed E-state index contributed by atoms with van der Waals surface area (Å²) in [5.74, 6) is 0.0450. The second kappa shape index (κ2) is 27.0. The predicted molar refractivity (Wildman–Crippen MR) is 67.8 cm³/mol. The third-order valence-corrected chi connectivity index (χ3v) is 1.94. The van der Waals surface area contributed by atoms with Crippen LogP contribution in [0.2, 0.25) is 0 Å². The smallest absolute Gasteiger partial charge is 0 e. The molecule has 0 saturated carbocycles. The molecule has 0 fully saturated rings. The fourth-order valence-corrected chi connectivity index (χ4v) is 1.11. The van der Waals surface area contributed by atoms with Crippen LogP contribution >= 0.6 is 0 Å². The first-order valence-electron chi connectivity index (χ1n) is 5.35. The van der Waals surface area contributed by atoms with Crippen molar-refractivity contribution in [1.29, 1.82) is 0 Å². The van der Waals surface area contributed by atoms with Gasteiger partial charge in [-0.25, -0.2) is 0 Å². The van der Waals surface area contributed by atoms with Crippen molar-refractivity contribution in [2.24, 2.45) is 0 Å². The average Bonchev–Trinajstić information content (AvgIpc) is 2.30. The second-order valence-corrected chi connectivity index (χ2v) is 3.06. The van der Waals surface area contributed by atoms with E-state index in [4.69, 9.17) is 13.2 Å². The number of hydrogen-bond acceptors (Lipinski definition) is 1. The number of rotatable bonds is 5. The second-order valence-electron chi connectivity index (χ2n) is 2.32. The first kappa shape index (κ1) is 31.8. The molecule has 0 heterocycles. The van der Waals surface area contributed by atoms with E-state index >= 15 is 0 Å². The third-order valence-electron chi connectivity index (χ3n) is 1.09. The number of carbonyl (C=O) groups is 1. The van der Waals surface area contributed by atoms with Crippen LogP contribution in [0.5, 0.6) is 0 Å². The molecular formula is C14H21OU2W-. The summed E-state index contributed by atoms with van der Waals surface area (Å²) in [6, 6.07) is 0. The van der Waals surface area contributed by atoms with Gasteiger partial charge in [-0.3, -0.25) is 0 Å². The van der Waals surface area contributed by atoms with Gasteiger partial charge in [-0.15, -0.1) is 0 Å². The minimum atomic E-state index is 0. The molecule has 18 heavy (non-hydrogen) atoms. The molecule has 0 saturated heterocycles. The summed E-state index contributed by atoms with van der Waals surface area (Å²) in [5, 5.41) is 0. The summed E-state index contributed by atoms with van der Waals surface area (Å²) < 4.78 is 2.91. The molecule has 98 valence electrons. The van der Waals surface area contributed by atoms with Crippen molar-refractivity contribution in [3.63, 3.8) is 0 Å². The SMILES string of the molecule is CC.CC.[CH-]=CC([C-]=[W])=CC(=[CH-])CC(C)=O.[U+2].[U]. The topological polar surface area (TPSA) is 17.1 Å². The van der Waals surface area contributed by atoms with Crippen molar-refractivity contribution in [3.8, 4) is 0 Å². The van der Waals surface area contributed by atoms with Gasteiger partial charge in [0.05, 0.1) is 0 Å². The van der Waals surface area contributed by atoms with Crippen LogP contribution in [0.3, 0.4) is 0 Å². The molecule has 0 aromatic carbocycles. The Morgan fingerprint density at radius 2 is 1.67 bits per heavy atom. The Kier molecular flexibility index (Phi) is 47.6. The van der Waals surface area contributed by atoms with Crippen LogP contribution in [-0.4, -0.2) is 10.2 Å². The molecule has 0 aliphatic carbocycles. The van der Waals surface area contributed by atoms with Gasteiger partial charge < -0.3 is 0 Å². The molecule has 0 spiro atoms. The van der Waals surface area contributed by atoms with Gasteiger partial charge in [-0.05, 0) is 0 Å². The maximum absolute atomic E-state index is 10.6. The van der Waals surface area contributed by atoms with Crippen LogP contribution in [-0.2, 0) is 24.1 Å². The standard InChI is InChI=1S/C10H9O.2C2H6.2U.W/c1-5-8(2)6-9(3)7-10(4)11;2*1-2;;;/h1,3,5-6H,7H2,4H3;2*1-2H3;;;/q-3;;;;+2;. The Morgan fingerprint density at radius 3 is 1.89 bits per heavy atom. The molecule has 0 aromatic rings. The van der Waals surface area contributed by atoms with Crippen LogP contribution in [0.1, 0.15) is 41.0 Å². The van der Waals surface area contributed by atoms with Gasteiger partial charge in [0.1, 0.15) is 0 Å². The van der Waals surface area contributed by atoms with Crippen molar-refractivity contribution in [2.75, 3.05) is 0 Å². The summed E-state index contributed by atoms with van der Waals surface area (Å²) in [4.78, 5) is 10.6. The van der Waals surface area contributed by atoms with Crippen molar-refractivity contribution in [2.45, 2.75) is 41.0 Å². The first-order valence-corrected chi connectivity index (χ1v) is 6.82. The zero-order valence-corrected chi connectivity index (χ0v) is 23.1. The van der Waals surface area contributed by atoms with Gasteiger partial charge in [0.2, 0.25) is 0 Å². The maximum atomic E-state index is 10.6. The molecule has 0 amide bonds. The molecule has 0 aromatic heterocycles. The molecule has 4 heteroatoms. The Bertz CT molecular complexity index is 249. The fraction of sp³-hybridized carbons (Fsp3) is 0.429. The Morgan fingerprint density at radius 1 is 1.28 bits per heavy atom. The van der Waals surface area contributed by atoms with Gasteiger partial charge in [0.25, 0.3) is 0 Å². The largest absolute Gasteiger partial charge is 2.00 e. The molecule has 0 radical (unpaired) electrons. The van der Waals surface area contributed by atoms with Crippen LogP contribution in [0, 0.1) is 75.4 Å². The summed E-state index contributed by atoms with van der Waals surface area (Å²) in [7, 11) is 0. The maximum Gasteiger partial charge on any atom is 2.00 e. The number of Topliss-reactive ketones (excluding diaryl/α,β-unsaturated/α-hetero) is 1. The van der Waals surface area contributed by atoms with Gasteiger partial charge in [0.15, 0.2) is 0 Å². The summed E-state index contributed by atoms with van der Waals surface area (Å²) >= 11 is 1.17. The molecule has 0 aliphatic heterocycles. The van der Waals surface area contributed by atoms with E-state index in [2.05, 4.69) is 4.40 Å². The number of ketones is 1. The molecule has 0 N–H and O–H groups in total. The van der Waals surface area contributed by atoms with E-state index in [0.29, 0.717) is 5.57 Å². The summed E-state index contributed by atoms with van der Waals surface area (Å²) in [6.07, 6.45) is 3.35. The van der Waals surface area contributed by atoms with E-state index in [1.54, 1.807) is 6.08 Å². The number of allylic oxidation sites excluding steroid dienone is 4. The molecular weight excluding hydrogens is 844 g/mol. The Labute approximate surface area is 172 Å². The Hall–Kier alpha value is 1.55. The van der Waals surface area contributed by atoms with Crippen LogP contribution in [0.15, 0.2) is 23.3 Å². The van der Waals surface area contributed by atoms with Crippen LogP contribution in [0.25, 0.3) is 0 Å². The number of hydrogen-bond donors (Lipinski definition) is 0. The summed E-state index contributed by atoms with van der Waals surface area (Å²) in [6.45, 7) is 20.3. The van der Waals surface area contributed by atoms with Crippen molar-refractivity contribution < 1.29 is 86.4 Å². The van der Waals surface area contributed by atoms with Gasteiger partial charge in [-0.1, -0.05) is 27.7 Å².